The molecule has 0 spiro atoms. The number of ether oxygens (including phenoxy) is 1. The van der Waals surface area contributed by atoms with Crippen LogP contribution in [0.4, 0.5) is 10.5 Å². The molecule has 0 saturated carbocycles. The van der Waals surface area contributed by atoms with Crippen LogP contribution in [0.3, 0.4) is 0 Å². The molecule has 3 N–H and O–H groups in total. The Morgan fingerprint density at radius 3 is 2.80 bits per heavy atom. The highest BCUT2D eigenvalue weighted by molar-refractivity contribution is 6.31. The van der Waals surface area contributed by atoms with Crippen LogP contribution in [0.2, 0.25) is 5.02 Å². The Labute approximate surface area is 151 Å². The van der Waals surface area contributed by atoms with Gasteiger partial charge < -0.3 is 20.3 Å². The molecule has 4 amide bonds. The molecule has 1 saturated heterocycles. The van der Waals surface area contributed by atoms with E-state index in [-0.39, 0.29) is 18.4 Å². The van der Waals surface area contributed by atoms with Gasteiger partial charge in [0.05, 0.1) is 19.8 Å². The lowest BCUT2D eigenvalue weighted by molar-refractivity contribution is -0.886. The zero-order valence-electron chi connectivity index (χ0n) is 14.4. The zero-order chi connectivity index (χ0) is 18.6. The van der Waals surface area contributed by atoms with Gasteiger partial charge in [0.1, 0.15) is 5.75 Å². The van der Waals surface area contributed by atoms with Crippen molar-refractivity contribution in [3.05, 3.63) is 23.2 Å². The van der Waals surface area contributed by atoms with Crippen molar-refractivity contribution >= 4 is 35.1 Å². The third-order valence-corrected chi connectivity index (χ3v) is 4.34. The van der Waals surface area contributed by atoms with E-state index >= 15 is 0 Å². The minimum Gasteiger partial charge on any atom is -0.495 e. The van der Waals surface area contributed by atoms with Crippen LogP contribution < -0.4 is 20.3 Å². The number of benzene rings is 1. The molecule has 1 aromatic rings. The Bertz CT molecular complexity index is 682. The third-order valence-electron chi connectivity index (χ3n) is 4.11. The SMILES string of the molecule is COc1ccc(Cl)cc1NC(=O)C[NH+](C)[C@@H](C)C(=O)N1CCNC1=O. The number of quaternary nitrogens is 1. The minimum absolute atomic E-state index is 0.0536. The van der Waals surface area contributed by atoms with Gasteiger partial charge in [-0.25, -0.2) is 4.79 Å². The summed E-state index contributed by atoms with van der Waals surface area (Å²) in [5.74, 6) is -0.0995. The zero-order valence-corrected chi connectivity index (χ0v) is 15.1. The molecule has 0 aromatic heterocycles. The van der Waals surface area contributed by atoms with Crippen LogP contribution in [0.5, 0.6) is 5.75 Å². The molecule has 25 heavy (non-hydrogen) atoms. The van der Waals surface area contributed by atoms with E-state index in [1.807, 2.05) is 0 Å². The predicted molar refractivity (Wildman–Crippen MR) is 93.0 cm³/mol. The highest BCUT2D eigenvalue weighted by Gasteiger charge is 2.34. The first-order chi connectivity index (χ1) is 11.8. The summed E-state index contributed by atoms with van der Waals surface area (Å²) in [5.41, 5.74) is 0.464. The van der Waals surface area contributed by atoms with Crippen molar-refractivity contribution in [3.8, 4) is 5.75 Å². The van der Waals surface area contributed by atoms with Crippen LogP contribution in [-0.4, -0.2) is 62.6 Å². The highest BCUT2D eigenvalue weighted by atomic mass is 35.5. The van der Waals surface area contributed by atoms with Crippen molar-refractivity contribution in [1.82, 2.24) is 10.2 Å². The van der Waals surface area contributed by atoms with E-state index in [1.165, 1.54) is 12.0 Å². The van der Waals surface area contributed by atoms with E-state index in [9.17, 15) is 14.4 Å². The minimum atomic E-state index is -0.532. The van der Waals surface area contributed by atoms with Crippen molar-refractivity contribution in [2.75, 3.05) is 39.1 Å². The van der Waals surface area contributed by atoms with Crippen LogP contribution in [0.15, 0.2) is 18.2 Å². The molecule has 136 valence electrons. The van der Waals surface area contributed by atoms with Crippen molar-refractivity contribution < 1.29 is 24.0 Å². The van der Waals surface area contributed by atoms with Crippen molar-refractivity contribution in [1.29, 1.82) is 0 Å². The molecule has 1 heterocycles. The number of imide groups is 1. The molecule has 1 aromatic carbocycles. The van der Waals surface area contributed by atoms with Gasteiger partial charge in [-0.1, -0.05) is 11.6 Å². The molecule has 1 aliphatic heterocycles. The second-order valence-electron chi connectivity index (χ2n) is 5.86. The molecule has 1 aliphatic rings. The molecule has 2 rings (SSSR count). The number of amides is 4. The van der Waals surface area contributed by atoms with E-state index in [2.05, 4.69) is 10.6 Å². The number of carbonyl (C=O) groups is 3. The van der Waals surface area contributed by atoms with Crippen LogP contribution in [-0.2, 0) is 9.59 Å². The number of nitrogens with zero attached hydrogens (tertiary/aromatic N) is 1. The smallest absolute Gasteiger partial charge is 0.324 e. The number of urea groups is 1. The summed E-state index contributed by atoms with van der Waals surface area (Å²) in [4.78, 5) is 38.1. The average molecular weight is 370 g/mol. The van der Waals surface area contributed by atoms with Gasteiger partial charge in [0.15, 0.2) is 12.6 Å². The van der Waals surface area contributed by atoms with Crippen LogP contribution >= 0.6 is 11.6 Å². The molecule has 8 nitrogen and oxygen atoms in total. The Morgan fingerprint density at radius 2 is 2.20 bits per heavy atom. The molecular formula is C16H22ClN4O4+. The normalized spacial score (nSPS) is 16.2. The van der Waals surface area contributed by atoms with Crippen molar-refractivity contribution in [3.63, 3.8) is 0 Å². The standard InChI is InChI=1S/C16H21ClN4O4/c1-10(15(23)21-7-6-18-16(21)24)20(2)9-14(22)19-12-8-11(17)4-5-13(12)25-3/h4-5,8,10H,6-7,9H2,1-3H3,(H,18,24)(H,19,22)/p+1/t10-/m0/s1. The molecule has 2 atom stereocenters. The number of hydrogen-bond acceptors (Lipinski definition) is 4. The number of halogens is 1. The summed E-state index contributed by atoms with van der Waals surface area (Å²) < 4.78 is 5.19. The summed E-state index contributed by atoms with van der Waals surface area (Å²) in [7, 11) is 3.23. The topological polar surface area (TPSA) is 92.2 Å². The van der Waals surface area contributed by atoms with E-state index in [0.29, 0.717) is 34.4 Å². The molecule has 1 unspecified atom stereocenters. The van der Waals surface area contributed by atoms with Crippen LogP contribution in [0.1, 0.15) is 6.92 Å². The summed E-state index contributed by atoms with van der Waals surface area (Å²) in [6.45, 7) is 2.54. The first kappa shape index (κ1) is 19.0. The van der Waals surface area contributed by atoms with Crippen molar-refractivity contribution in [2.45, 2.75) is 13.0 Å². The quantitative estimate of drug-likeness (QED) is 0.644. The van der Waals surface area contributed by atoms with Gasteiger partial charge in [0.2, 0.25) is 0 Å². The maximum absolute atomic E-state index is 12.4. The molecule has 0 bridgehead atoms. The van der Waals surface area contributed by atoms with Crippen LogP contribution in [0, 0.1) is 0 Å². The van der Waals surface area contributed by atoms with Gasteiger partial charge in [-0.15, -0.1) is 0 Å². The summed E-state index contributed by atoms with van der Waals surface area (Å²) >= 11 is 5.94. The third kappa shape index (κ3) is 4.61. The number of methoxy groups -OCH3 is 1. The Kier molecular flexibility index (Phi) is 6.22. The van der Waals surface area contributed by atoms with Gasteiger partial charge in [-0.05, 0) is 25.1 Å². The molecule has 1 fully saturated rings. The number of carbonyl (C=O) groups excluding carboxylic acids is 3. The second-order valence-corrected chi connectivity index (χ2v) is 6.30. The largest absolute Gasteiger partial charge is 0.495 e. The summed E-state index contributed by atoms with van der Waals surface area (Å²) in [6.07, 6.45) is 0. The lowest BCUT2D eigenvalue weighted by Crippen LogP contribution is -3.15. The van der Waals surface area contributed by atoms with E-state index < -0.39 is 12.1 Å². The first-order valence-corrected chi connectivity index (χ1v) is 8.26. The number of hydrogen-bond donors (Lipinski definition) is 3. The summed E-state index contributed by atoms with van der Waals surface area (Å²) in [6, 6.07) is 3.99. The first-order valence-electron chi connectivity index (χ1n) is 7.88. The van der Waals surface area contributed by atoms with Gasteiger partial charge in [-0.2, -0.15) is 0 Å². The summed E-state index contributed by atoms with van der Waals surface area (Å²) in [5, 5.41) is 5.79. The van der Waals surface area contributed by atoms with E-state index in [4.69, 9.17) is 16.3 Å². The van der Waals surface area contributed by atoms with E-state index in [1.54, 1.807) is 32.2 Å². The van der Waals surface area contributed by atoms with Crippen LogP contribution in [0.25, 0.3) is 0 Å². The fourth-order valence-electron chi connectivity index (χ4n) is 2.51. The Hall–Kier alpha value is -2.32. The van der Waals surface area contributed by atoms with Gasteiger partial charge in [0.25, 0.3) is 11.8 Å². The fourth-order valence-corrected chi connectivity index (χ4v) is 2.68. The number of anilines is 1. The second kappa shape index (κ2) is 8.17. The fraction of sp³-hybridized carbons (Fsp3) is 0.438. The van der Waals surface area contributed by atoms with E-state index in [0.717, 1.165) is 0 Å². The monoisotopic (exact) mass is 369 g/mol. The van der Waals surface area contributed by atoms with Gasteiger partial charge >= 0.3 is 6.03 Å². The molecule has 0 radical (unpaired) electrons. The number of rotatable bonds is 6. The van der Waals surface area contributed by atoms with Gasteiger partial charge in [-0.3, -0.25) is 14.5 Å². The molecule has 0 aliphatic carbocycles. The lowest BCUT2D eigenvalue weighted by Gasteiger charge is -2.23. The lowest BCUT2D eigenvalue weighted by atomic mass is 10.2. The van der Waals surface area contributed by atoms with Crippen molar-refractivity contribution in [2.24, 2.45) is 0 Å². The maximum Gasteiger partial charge on any atom is 0.324 e. The Morgan fingerprint density at radius 1 is 1.48 bits per heavy atom. The number of likely N-dealkylation sites (N-methyl/N-ethyl adjacent to an activating group) is 1. The maximum atomic E-state index is 12.4. The highest BCUT2D eigenvalue weighted by Crippen LogP contribution is 2.27. The average Bonchev–Trinajstić information content (AvgIpc) is 2.99. The Balaban J connectivity index is 1.96. The molecule has 9 heteroatoms. The number of nitrogens with one attached hydrogen (secondary N) is 3. The van der Waals surface area contributed by atoms with Gasteiger partial charge in [0, 0.05) is 18.1 Å². The molecular weight excluding hydrogens is 348 g/mol. The predicted octanol–water partition coefficient (Wildman–Crippen LogP) is -0.258.